The van der Waals surface area contributed by atoms with E-state index in [1.54, 1.807) is 32.9 Å². The Morgan fingerprint density at radius 3 is 2.14 bits per heavy atom. The Morgan fingerprint density at radius 1 is 1.00 bits per heavy atom. The molecule has 0 atom stereocenters. The second kappa shape index (κ2) is 5.88. The number of allylic oxidation sites excluding steroid dienone is 4. The zero-order chi connectivity index (χ0) is 16.5. The molecule has 0 amide bonds. The monoisotopic (exact) mass is 319 g/mol. The molecule has 1 aliphatic rings. The Morgan fingerprint density at radius 2 is 1.59 bits per heavy atom. The molecule has 6 heteroatoms. The first-order valence-corrected chi connectivity index (χ1v) is 8.12. The molecule has 0 spiro atoms. The van der Waals surface area contributed by atoms with Crippen LogP contribution in [0.5, 0.6) is 0 Å². The minimum Gasteiger partial charge on any atom is -0.290 e. The van der Waals surface area contributed by atoms with Crippen LogP contribution >= 0.6 is 0 Å². The minimum absolute atomic E-state index is 0.125. The highest BCUT2D eigenvalue weighted by Crippen LogP contribution is 2.24. The summed E-state index contributed by atoms with van der Waals surface area (Å²) in [5, 5.41) is 3.67. The van der Waals surface area contributed by atoms with Gasteiger partial charge in [0.25, 0.3) is 0 Å². The number of ketones is 1. The summed E-state index contributed by atoms with van der Waals surface area (Å²) >= 11 is 0. The predicted octanol–water partition coefficient (Wildman–Crippen LogP) is 2.76. The molecule has 116 valence electrons. The molecular weight excluding hydrogens is 302 g/mol. The third-order valence-electron chi connectivity index (χ3n) is 3.26. The SMILES string of the molecule is CC1=CC(=O)C=CC1=NOS(=O)(=O)c1c(C)cc(C)cc1C. The molecule has 0 bridgehead atoms. The summed E-state index contributed by atoms with van der Waals surface area (Å²) in [6, 6.07) is 3.56. The van der Waals surface area contributed by atoms with Gasteiger partial charge in [0.1, 0.15) is 10.6 Å². The number of aryl methyl sites for hydroxylation is 3. The van der Waals surface area contributed by atoms with Crippen molar-refractivity contribution in [3.63, 3.8) is 0 Å². The number of oxime groups is 1. The second-order valence-electron chi connectivity index (χ2n) is 5.30. The maximum atomic E-state index is 12.4. The average molecular weight is 319 g/mol. The molecule has 0 aromatic heterocycles. The van der Waals surface area contributed by atoms with Crippen molar-refractivity contribution in [3.05, 3.63) is 52.6 Å². The maximum absolute atomic E-state index is 12.4. The number of benzene rings is 1. The first-order chi connectivity index (χ1) is 10.2. The van der Waals surface area contributed by atoms with Gasteiger partial charge < -0.3 is 0 Å². The summed E-state index contributed by atoms with van der Waals surface area (Å²) < 4.78 is 29.5. The molecule has 0 fully saturated rings. The first-order valence-electron chi connectivity index (χ1n) is 6.71. The van der Waals surface area contributed by atoms with Gasteiger partial charge in [0.2, 0.25) is 0 Å². The molecule has 0 aliphatic heterocycles. The minimum atomic E-state index is -4.01. The summed E-state index contributed by atoms with van der Waals surface area (Å²) in [6.07, 6.45) is 4.11. The molecule has 1 aromatic carbocycles. The van der Waals surface area contributed by atoms with E-state index in [9.17, 15) is 13.2 Å². The average Bonchev–Trinajstić information content (AvgIpc) is 2.35. The normalized spacial score (nSPS) is 16.8. The van der Waals surface area contributed by atoms with Crippen molar-refractivity contribution >= 4 is 21.6 Å². The van der Waals surface area contributed by atoms with Crippen LogP contribution in [0.15, 0.2) is 46.0 Å². The molecule has 1 aliphatic carbocycles. The van der Waals surface area contributed by atoms with Crippen LogP contribution in [0.4, 0.5) is 0 Å². The van der Waals surface area contributed by atoms with E-state index in [0.29, 0.717) is 22.4 Å². The lowest BCUT2D eigenvalue weighted by atomic mass is 10.1. The molecule has 5 nitrogen and oxygen atoms in total. The lowest BCUT2D eigenvalue weighted by molar-refractivity contribution is -0.110. The molecule has 0 saturated carbocycles. The van der Waals surface area contributed by atoms with Crippen molar-refractivity contribution in [3.8, 4) is 0 Å². The largest absolute Gasteiger partial charge is 0.359 e. The molecule has 0 heterocycles. The zero-order valence-corrected chi connectivity index (χ0v) is 13.7. The topological polar surface area (TPSA) is 72.8 Å². The van der Waals surface area contributed by atoms with E-state index in [1.165, 1.54) is 18.2 Å². The standard InChI is InChI=1S/C16H17NO4S/c1-10-7-12(3)16(13(4)8-10)22(19,20)21-17-15-6-5-14(18)9-11(15)2/h5-9H,1-4H3. The predicted molar refractivity (Wildman–Crippen MR) is 84.3 cm³/mol. The fourth-order valence-electron chi connectivity index (χ4n) is 2.42. The summed E-state index contributed by atoms with van der Waals surface area (Å²) in [4.78, 5) is 11.3. The highest BCUT2D eigenvalue weighted by Gasteiger charge is 2.22. The van der Waals surface area contributed by atoms with Gasteiger partial charge in [0.05, 0.1) is 0 Å². The molecular formula is C16H17NO4S. The Balaban J connectivity index is 2.36. The van der Waals surface area contributed by atoms with Crippen LogP contribution in [0.1, 0.15) is 23.6 Å². The fraction of sp³-hybridized carbons (Fsp3) is 0.250. The van der Waals surface area contributed by atoms with E-state index in [1.807, 2.05) is 6.92 Å². The van der Waals surface area contributed by atoms with Gasteiger partial charge in [0, 0.05) is 0 Å². The maximum Gasteiger partial charge on any atom is 0.359 e. The van der Waals surface area contributed by atoms with Crippen molar-refractivity contribution in [1.82, 2.24) is 0 Å². The van der Waals surface area contributed by atoms with E-state index in [4.69, 9.17) is 4.28 Å². The van der Waals surface area contributed by atoms with E-state index < -0.39 is 10.1 Å². The van der Waals surface area contributed by atoms with Crippen molar-refractivity contribution in [2.45, 2.75) is 32.6 Å². The van der Waals surface area contributed by atoms with Crippen molar-refractivity contribution in [2.24, 2.45) is 5.16 Å². The molecule has 0 unspecified atom stereocenters. The molecule has 1 aromatic rings. The van der Waals surface area contributed by atoms with Gasteiger partial charge in [0.15, 0.2) is 5.78 Å². The van der Waals surface area contributed by atoms with Gasteiger partial charge in [-0.3, -0.25) is 9.08 Å². The highest BCUT2D eigenvalue weighted by atomic mass is 32.2. The number of rotatable bonds is 3. The van der Waals surface area contributed by atoms with Crippen LogP contribution in [0, 0.1) is 20.8 Å². The number of hydrogen-bond donors (Lipinski definition) is 0. The van der Waals surface area contributed by atoms with E-state index in [2.05, 4.69) is 5.16 Å². The van der Waals surface area contributed by atoms with Crippen LogP contribution in [-0.4, -0.2) is 19.9 Å². The van der Waals surface area contributed by atoms with Crippen LogP contribution in [0.25, 0.3) is 0 Å². The second-order valence-corrected chi connectivity index (χ2v) is 6.76. The Bertz CT molecular complexity index is 807. The molecule has 0 saturated heterocycles. The summed E-state index contributed by atoms with van der Waals surface area (Å²) in [5.41, 5.74) is 3.07. The third-order valence-corrected chi connectivity index (χ3v) is 4.67. The van der Waals surface area contributed by atoms with Crippen LogP contribution in [0.3, 0.4) is 0 Å². The van der Waals surface area contributed by atoms with E-state index in [-0.39, 0.29) is 10.7 Å². The molecule has 0 N–H and O–H groups in total. The fourth-order valence-corrected chi connectivity index (χ4v) is 3.58. The Kier molecular flexibility index (Phi) is 4.32. The van der Waals surface area contributed by atoms with Crippen LogP contribution in [-0.2, 0) is 19.2 Å². The third kappa shape index (κ3) is 3.33. The first kappa shape index (κ1) is 16.2. The van der Waals surface area contributed by atoms with Gasteiger partial charge in [-0.05, 0) is 62.6 Å². The Hall–Kier alpha value is -2.21. The van der Waals surface area contributed by atoms with Crippen LogP contribution < -0.4 is 0 Å². The lowest BCUT2D eigenvalue weighted by Gasteiger charge is -2.11. The summed E-state index contributed by atoms with van der Waals surface area (Å²) in [7, 11) is -4.01. The Labute approximate surface area is 130 Å². The van der Waals surface area contributed by atoms with E-state index in [0.717, 1.165) is 5.56 Å². The zero-order valence-electron chi connectivity index (χ0n) is 12.9. The van der Waals surface area contributed by atoms with Gasteiger partial charge in [-0.2, -0.15) is 8.42 Å². The van der Waals surface area contributed by atoms with E-state index >= 15 is 0 Å². The highest BCUT2D eigenvalue weighted by molar-refractivity contribution is 7.86. The van der Waals surface area contributed by atoms with Gasteiger partial charge in [-0.15, -0.1) is 0 Å². The van der Waals surface area contributed by atoms with Crippen LogP contribution in [0.2, 0.25) is 0 Å². The van der Waals surface area contributed by atoms with Crippen molar-refractivity contribution in [1.29, 1.82) is 0 Å². The van der Waals surface area contributed by atoms with Crippen molar-refractivity contribution < 1.29 is 17.5 Å². The summed E-state index contributed by atoms with van der Waals surface area (Å²) in [6.45, 7) is 7.00. The number of carbonyl (C=O) groups is 1. The smallest absolute Gasteiger partial charge is 0.290 e. The van der Waals surface area contributed by atoms with Gasteiger partial charge in [-0.25, -0.2) is 0 Å². The quantitative estimate of drug-likeness (QED) is 0.634. The van der Waals surface area contributed by atoms with Gasteiger partial charge >= 0.3 is 10.1 Å². The van der Waals surface area contributed by atoms with Crippen molar-refractivity contribution in [2.75, 3.05) is 0 Å². The molecule has 2 rings (SSSR count). The summed E-state index contributed by atoms with van der Waals surface area (Å²) in [5.74, 6) is -0.162. The van der Waals surface area contributed by atoms with Gasteiger partial charge in [-0.1, -0.05) is 22.9 Å². The number of carbonyl (C=O) groups excluding carboxylic acids is 1. The number of nitrogens with zero attached hydrogens (tertiary/aromatic N) is 1. The molecule has 22 heavy (non-hydrogen) atoms. The lowest BCUT2D eigenvalue weighted by Crippen LogP contribution is -2.11. The molecule has 0 radical (unpaired) electrons. The number of hydrogen-bond acceptors (Lipinski definition) is 5.